The van der Waals surface area contributed by atoms with Gasteiger partial charge < -0.3 is 0 Å². The van der Waals surface area contributed by atoms with Crippen LogP contribution in [0.15, 0.2) is 103 Å². The molecule has 1 atom stereocenters. The van der Waals surface area contributed by atoms with Crippen molar-refractivity contribution in [1.82, 2.24) is 4.98 Å². The first-order valence-corrected chi connectivity index (χ1v) is 12.8. The molecule has 174 valence electrons. The van der Waals surface area contributed by atoms with Gasteiger partial charge in [-0.3, -0.25) is 0 Å². The van der Waals surface area contributed by atoms with Gasteiger partial charge in [0, 0.05) is 10.9 Å². The smallest absolute Gasteiger partial charge is 0.0991 e. The van der Waals surface area contributed by atoms with E-state index in [2.05, 4.69) is 97.9 Å². The fourth-order valence-corrected chi connectivity index (χ4v) is 5.93. The summed E-state index contributed by atoms with van der Waals surface area (Å²) in [6.45, 7) is 2.32. The minimum atomic E-state index is 0.410. The molecule has 2 nitrogen and oxygen atoms in total. The van der Waals surface area contributed by atoms with E-state index >= 15 is 0 Å². The zero-order chi connectivity index (χ0) is 24.9. The lowest BCUT2D eigenvalue weighted by Gasteiger charge is -2.24. The van der Waals surface area contributed by atoms with Crippen molar-refractivity contribution in [2.75, 3.05) is 0 Å². The number of hydrogen-bond donors (Lipinski definition) is 0. The van der Waals surface area contributed by atoms with Gasteiger partial charge in [-0.25, -0.2) is 4.98 Å². The number of aromatic nitrogens is 1. The fourth-order valence-electron chi connectivity index (χ4n) is 5.93. The Morgan fingerprint density at radius 3 is 1.84 bits per heavy atom. The van der Waals surface area contributed by atoms with Gasteiger partial charge in [0.15, 0.2) is 0 Å². The largest absolute Gasteiger partial charge is 0.247 e. The van der Waals surface area contributed by atoms with Crippen molar-refractivity contribution in [3.63, 3.8) is 0 Å². The van der Waals surface area contributed by atoms with E-state index in [1.54, 1.807) is 0 Å². The van der Waals surface area contributed by atoms with Crippen LogP contribution in [0.2, 0.25) is 0 Å². The number of nitriles is 1. The zero-order valence-electron chi connectivity index (χ0n) is 20.6. The number of nitrogens with zero attached hydrogens (tertiary/aromatic N) is 2. The van der Waals surface area contributed by atoms with E-state index in [-0.39, 0.29) is 0 Å². The first-order valence-electron chi connectivity index (χ1n) is 12.8. The van der Waals surface area contributed by atoms with Crippen molar-refractivity contribution in [2.45, 2.75) is 19.3 Å². The van der Waals surface area contributed by atoms with E-state index in [1.165, 1.54) is 37.9 Å². The molecular weight excluding hydrogens is 448 g/mol. The molecular formula is C35H24N2. The topological polar surface area (TPSA) is 36.7 Å². The van der Waals surface area contributed by atoms with Crippen LogP contribution in [0, 0.1) is 11.3 Å². The van der Waals surface area contributed by atoms with Crippen LogP contribution in [-0.2, 0) is 0 Å². The second kappa shape index (κ2) is 8.43. The summed E-state index contributed by atoms with van der Waals surface area (Å²) >= 11 is 0. The van der Waals surface area contributed by atoms with Crippen LogP contribution >= 0.6 is 0 Å². The second-order valence-electron chi connectivity index (χ2n) is 9.91. The quantitative estimate of drug-likeness (QED) is 0.235. The SMILES string of the molecule is CC1CC=Cc2nc(-c3ccc(-c4ccc(C#N)cc4)cc3)c3c4ccccc4c4ccccc4c3c21. The molecule has 0 saturated heterocycles. The molecule has 7 rings (SSSR count). The number of hydrogen-bond acceptors (Lipinski definition) is 2. The highest BCUT2D eigenvalue weighted by Gasteiger charge is 2.24. The Labute approximate surface area is 216 Å². The number of fused-ring (bicyclic) bond motifs is 8. The Bertz CT molecular complexity index is 1900. The maximum atomic E-state index is 9.13. The van der Waals surface area contributed by atoms with Crippen molar-refractivity contribution < 1.29 is 0 Å². The number of allylic oxidation sites excluding steroid dienone is 1. The summed E-state index contributed by atoms with van der Waals surface area (Å²) in [6.07, 6.45) is 5.49. The average Bonchev–Trinajstić information content (AvgIpc) is 2.97. The summed E-state index contributed by atoms with van der Waals surface area (Å²) in [6, 6.07) is 36.2. The zero-order valence-corrected chi connectivity index (χ0v) is 20.6. The van der Waals surface area contributed by atoms with E-state index in [4.69, 9.17) is 10.2 Å². The molecule has 1 unspecified atom stereocenters. The van der Waals surface area contributed by atoms with Crippen LogP contribution < -0.4 is 0 Å². The third-order valence-electron chi connectivity index (χ3n) is 7.71. The first-order chi connectivity index (χ1) is 18.2. The summed E-state index contributed by atoms with van der Waals surface area (Å²) < 4.78 is 0. The highest BCUT2D eigenvalue weighted by Crippen LogP contribution is 2.45. The van der Waals surface area contributed by atoms with Crippen LogP contribution in [0.4, 0.5) is 0 Å². The van der Waals surface area contributed by atoms with Crippen molar-refractivity contribution >= 4 is 38.4 Å². The average molecular weight is 473 g/mol. The predicted molar refractivity (Wildman–Crippen MR) is 154 cm³/mol. The van der Waals surface area contributed by atoms with Gasteiger partial charge in [-0.2, -0.15) is 5.26 Å². The monoisotopic (exact) mass is 472 g/mol. The second-order valence-corrected chi connectivity index (χ2v) is 9.91. The summed E-state index contributed by atoms with van der Waals surface area (Å²) in [4.78, 5) is 5.32. The Morgan fingerprint density at radius 1 is 0.676 bits per heavy atom. The first kappa shape index (κ1) is 21.5. The predicted octanol–water partition coefficient (Wildman–Crippen LogP) is 9.27. The van der Waals surface area contributed by atoms with Gasteiger partial charge in [0.2, 0.25) is 0 Å². The van der Waals surface area contributed by atoms with Gasteiger partial charge in [-0.05, 0) is 74.2 Å². The van der Waals surface area contributed by atoms with Crippen LogP contribution in [0.1, 0.15) is 36.1 Å². The Balaban J connectivity index is 1.55. The molecule has 1 aliphatic rings. The van der Waals surface area contributed by atoms with Gasteiger partial charge in [0.05, 0.1) is 23.0 Å². The maximum Gasteiger partial charge on any atom is 0.0991 e. The normalized spacial score (nSPS) is 14.6. The Hall–Kier alpha value is -4.74. The van der Waals surface area contributed by atoms with E-state index < -0.39 is 0 Å². The van der Waals surface area contributed by atoms with E-state index in [1.807, 2.05) is 24.3 Å². The molecule has 0 bridgehead atoms. The third-order valence-corrected chi connectivity index (χ3v) is 7.71. The maximum absolute atomic E-state index is 9.13. The van der Waals surface area contributed by atoms with E-state index in [0.29, 0.717) is 11.5 Å². The molecule has 0 N–H and O–H groups in total. The van der Waals surface area contributed by atoms with Crippen molar-refractivity contribution in [1.29, 1.82) is 5.26 Å². The molecule has 0 fully saturated rings. The lowest BCUT2D eigenvalue weighted by atomic mass is 9.82. The molecule has 0 amide bonds. The van der Waals surface area contributed by atoms with Crippen LogP contribution in [-0.4, -0.2) is 4.98 Å². The molecule has 0 spiro atoms. The molecule has 0 aliphatic heterocycles. The highest BCUT2D eigenvalue weighted by molar-refractivity contribution is 6.29. The summed E-state index contributed by atoms with van der Waals surface area (Å²) in [5, 5.41) is 16.8. The number of rotatable bonds is 2. The molecule has 5 aromatic carbocycles. The van der Waals surface area contributed by atoms with E-state index in [0.717, 1.165) is 34.5 Å². The standard InChI is InChI=1S/C35H24N2/c1-22-7-6-12-31-32(22)33-29-10-4-2-8-27(29)28-9-3-5-11-30(28)34(33)35(37-31)26-19-17-25(18-20-26)24-15-13-23(21-36)14-16-24/h2-6,8-20,22H,7H2,1H3. The third kappa shape index (κ3) is 3.36. The molecule has 1 heterocycles. The van der Waals surface area contributed by atoms with Crippen molar-refractivity contribution in [3.8, 4) is 28.5 Å². The molecule has 37 heavy (non-hydrogen) atoms. The molecule has 1 aromatic heterocycles. The van der Waals surface area contributed by atoms with Gasteiger partial charge >= 0.3 is 0 Å². The molecule has 1 aliphatic carbocycles. The van der Waals surface area contributed by atoms with Crippen LogP contribution in [0.25, 0.3) is 60.8 Å². The summed E-state index contributed by atoms with van der Waals surface area (Å²) in [5.74, 6) is 0.410. The lowest BCUT2D eigenvalue weighted by molar-refractivity contribution is 0.773. The van der Waals surface area contributed by atoms with Gasteiger partial charge in [-0.15, -0.1) is 0 Å². The van der Waals surface area contributed by atoms with Crippen molar-refractivity contribution in [3.05, 3.63) is 120 Å². The number of benzene rings is 5. The van der Waals surface area contributed by atoms with Gasteiger partial charge in [0.1, 0.15) is 0 Å². The summed E-state index contributed by atoms with van der Waals surface area (Å²) in [7, 11) is 0. The molecule has 2 heteroatoms. The lowest BCUT2D eigenvalue weighted by Crippen LogP contribution is -2.06. The van der Waals surface area contributed by atoms with Crippen molar-refractivity contribution in [2.24, 2.45) is 0 Å². The van der Waals surface area contributed by atoms with E-state index in [9.17, 15) is 0 Å². The molecule has 0 radical (unpaired) electrons. The van der Waals surface area contributed by atoms with Gasteiger partial charge in [0.25, 0.3) is 0 Å². The summed E-state index contributed by atoms with van der Waals surface area (Å²) in [5.41, 5.74) is 7.47. The molecule has 0 saturated carbocycles. The van der Waals surface area contributed by atoms with Crippen LogP contribution in [0.3, 0.4) is 0 Å². The minimum absolute atomic E-state index is 0.410. The number of pyridine rings is 1. The van der Waals surface area contributed by atoms with Crippen LogP contribution in [0.5, 0.6) is 0 Å². The highest BCUT2D eigenvalue weighted by atomic mass is 14.7. The Kier molecular flexibility index (Phi) is 4.91. The Morgan fingerprint density at radius 2 is 1.22 bits per heavy atom. The molecule has 6 aromatic rings. The fraction of sp³-hybridized carbons (Fsp3) is 0.0857. The van der Waals surface area contributed by atoms with Gasteiger partial charge in [-0.1, -0.05) is 97.9 Å². The minimum Gasteiger partial charge on any atom is -0.247 e.